The van der Waals surface area contributed by atoms with Crippen molar-refractivity contribution < 1.29 is 9.59 Å². The first-order valence-corrected chi connectivity index (χ1v) is 6.59. The van der Waals surface area contributed by atoms with Crippen molar-refractivity contribution in [3.8, 4) is 0 Å². The largest absolute Gasteiger partial charge is 0.299 e. The monoisotopic (exact) mass is 261 g/mol. The minimum atomic E-state index is -0.166. The molecule has 1 unspecified atom stereocenters. The lowest BCUT2D eigenvalue weighted by atomic mass is 9.90. The number of rotatable bonds is 2. The molecule has 102 valence electrons. The summed E-state index contributed by atoms with van der Waals surface area (Å²) < 4.78 is 0. The van der Waals surface area contributed by atoms with Crippen LogP contribution < -0.4 is 16.4 Å². The number of Topliss-reactive ketones (excluding diaryl/α,β-unsaturated/α-hetero) is 1. The average molecular weight is 261 g/mol. The SMILES string of the molecule is O=C1CCC(=O)C(Cc2ccccc2)CCNNN1. The van der Waals surface area contributed by atoms with Crippen LogP contribution in [-0.4, -0.2) is 18.2 Å². The predicted molar refractivity (Wildman–Crippen MR) is 71.8 cm³/mol. The highest BCUT2D eigenvalue weighted by atomic mass is 16.2. The molecule has 0 saturated carbocycles. The molecule has 1 atom stereocenters. The molecule has 3 N–H and O–H groups in total. The van der Waals surface area contributed by atoms with Gasteiger partial charge in [0.1, 0.15) is 5.78 Å². The predicted octanol–water partition coefficient (Wildman–Crippen LogP) is 0.724. The lowest BCUT2D eigenvalue weighted by Gasteiger charge is -2.18. The van der Waals surface area contributed by atoms with Crippen LogP contribution in [0.3, 0.4) is 0 Å². The Hall–Kier alpha value is -1.72. The summed E-state index contributed by atoms with van der Waals surface area (Å²) in [5.74, 6) is -0.0217. The van der Waals surface area contributed by atoms with Crippen LogP contribution in [0.5, 0.6) is 0 Å². The summed E-state index contributed by atoms with van der Waals surface area (Å²) in [6, 6.07) is 9.99. The summed E-state index contributed by atoms with van der Waals surface area (Å²) in [5.41, 5.74) is 9.18. The molecule has 0 bridgehead atoms. The molecule has 1 heterocycles. The molecule has 1 fully saturated rings. The number of amides is 1. The number of hydrogen-bond donors (Lipinski definition) is 3. The maximum Gasteiger partial charge on any atom is 0.235 e. The third-order valence-corrected chi connectivity index (χ3v) is 3.29. The number of nitrogens with one attached hydrogen (secondary N) is 3. The first kappa shape index (κ1) is 13.7. The molecule has 0 radical (unpaired) electrons. The van der Waals surface area contributed by atoms with Crippen molar-refractivity contribution in [3.63, 3.8) is 0 Å². The summed E-state index contributed by atoms with van der Waals surface area (Å²) in [5, 5.41) is 0. The van der Waals surface area contributed by atoms with Crippen molar-refractivity contribution in [3.05, 3.63) is 35.9 Å². The van der Waals surface area contributed by atoms with E-state index >= 15 is 0 Å². The van der Waals surface area contributed by atoms with Gasteiger partial charge in [-0.1, -0.05) is 30.3 Å². The van der Waals surface area contributed by atoms with Crippen LogP contribution in [0.4, 0.5) is 0 Å². The quantitative estimate of drug-likeness (QED) is 0.734. The van der Waals surface area contributed by atoms with Gasteiger partial charge in [0.15, 0.2) is 0 Å². The highest BCUT2D eigenvalue weighted by molar-refractivity contribution is 5.86. The number of carbonyl (C=O) groups excluding carboxylic acids is 2. The van der Waals surface area contributed by atoms with E-state index in [0.717, 1.165) is 18.4 Å². The number of ketones is 1. The molecule has 1 aliphatic heterocycles. The van der Waals surface area contributed by atoms with Crippen LogP contribution in [0.1, 0.15) is 24.8 Å². The Kier molecular flexibility index (Phi) is 5.06. The van der Waals surface area contributed by atoms with Crippen LogP contribution in [0, 0.1) is 5.92 Å². The molecule has 19 heavy (non-hydrogen) atoms. The Morgan fingerprint density at radius 3 is 2.68 bits per heavy atom. The van der Waals surface area contributed by atoms with Gasteiger partial charge in [0.25, 0.3) is 0 Å². The lowest BCUT2D eigenvalue weighted by Crippen LogP contribution is -2.48. The van der Waals surface area contributed by atoms with Gasteiger partial charge in [-0.15, -0.1) is 0 Å². The zero-order chi connectivity index (χ0) is 13.5. The van der Waals surface area contributed by atoms with Crippen molar-refractivity contribution in [2.45, 2.75) is 25.7 Å². The minimum absolute atomic E-state index is 0.0254. The standard InChI is InChI=1S/C14H19N3O2/c18-13-6-7-14(19)16-17-15-9-8-12(13)10-11-4-2-1-3-5-11/h1-5,12,15,17H,6-10H2,(H,16,19). The van der Waals surface area contributed by atoms with E-state index in [1.54, 1.807) is 0 Å². The zero-order valence-corrected chi connectivity index (χ0v) is 10.8. The third-order valence-electron chi connectivity index (χ3n) is 3.29. The Balaban J connectivity index is 1.99. The minimum Gasteiger partial charge on any atom is -0.299 e. The van der Waals surface area contributed by atoms with Gasteiger partial charge in [-0.25, -0.2) is 5.43 Å². The van der Waals surface area contributed by atoms with Gasteiger partial charge in [0.05, 0.1) is 0 Å². The van der Waals surface area contributed by atoms with Crippen molar-refractivity contribution >= 4 is 11.7 Å². The van der Waals surface area contributed by atoms with Gasteiger partial charge >= 0.3 is 0 Å². The van der Waals surface area contributed by atoms with Gasteiger partial charge in [-0.05, 0) is 18.4 Å². The summed E-state index contributed by atoms with van der Waals surface area (Å²) >= 11 is 0. The highest BCUT2D eigenvalue weighted by Crippen LogP contribution is 2.16. The molecule has 0 spiro atoms. The Bertz CT molecular complexity index is 434. The number of hydrazine groups is 2. The first-order chi connectivity index (χ1) is 9.25. The van der Waals surface area contributed by atoms with Gasteiger partial charge in [0, 0.05) is 25.3 Å². The fraction of sp³-hybridized carbons (Fsp3) is 0.429. The molecule has 1 aromatic carbocycles. The third kappa shape index (κ3) is 4.46. The van der Waals surface area contributed by atoms with E-state index in [1.807, 2.05) is 30.3 Å². The molecule has 1 aliphatic rings. The molecule has 5 nitrogen and oxygen atoms in total. The summed E-state index contributed by atoms with van der Waals surface area (Å²) in [6.45, 7) is 0.642. The van der Waals surface area contributed by atoms with E-state index in [4.69, 9.17) is 0 Å². The number of benzene rings is 1. The van der Waals surface area contributed by atoms with Gasteiger partial charge < -0.3 is 0 Å². The molecule has 0 aliphatic carbocycles. The second kappa shape index (κ2) is 7.01. The molecule has 1 saturated heterocycles. The Labute approximate surface area is 112 Å². The van der Waals surface area contributed by atoms with Crippen LogP contribution in [-0.2, 0) is 16.0 Å². The zero-order valence-electron chi connectivity index (χ0n) is 10.8. The molecule has 2 rings (SSSR count). The van der Waals surface area contributed by atoms with Crippen molar-refractivity contribution in [2.75, 3.05) is 6.54 Å². The fourth-order valence-corrected chi connectivity index (χ4v) is 2.20. The molecule has 1 aromatic rings. The molecule has 5 heteroatoms. The van der Waals surface area contributed by atoms with E-state index in [9.17, 15) is 9.59 Å². The van der Waals surface area contributed by atoms with E-state index in [0.29, 0.717) is 13.0 Å². The molecule has 0 aromatic heterocycles. The van der Waals surface area contributed by atoms with Gasteiger partial charge in [-0.2, -0.15) is 5.53 Å². The smallest absolute Gasteiger partial charge is 0.235 e. The maximum atomic E-state index is 12.2. The Morgan fingerprint density at radius 2 is 1.89 bits per heavy atom. The van der Waals surface area contributed by atoms with E-state index in [2.05, 4.69) is 16.4 Å². The topological polar surface area (TPSA) is 70.2 Å². The fourth-order valence-electron chi connectivity index (χ4n) is 2.20. The second-order valence-corrected chi connectivity index (χ2v) is 4.74. The normalized spacial score (nSPS) is 21.8. The van der Waals surface area contributed by atoms with Crippen molar-refractivity contribution in [2.24, 2.45) is 5.92 Å². The molecule has 1 amide bonds. The van der Waals surface area contributed by atoms with Crippen LogP contribution in [0.25, 0.3) is 0 Å². The number of hydrogen-bond acceptors (Lipinski definition) is 4. The van der Waals surface area contributed by atoms with Crippen molar-refractivity contribution in [1.82, 2.24) is 16.4 Å². The summed E-state index contributed by atoms with van der Waals surface area (Å²) in [4.78, 5) is 23.5. The van der Waals surface area contributed by atoms with Crippen molar-refractivity contribution in [1.29, 1.82) is 0 Å². The van der Waals surface area contributed by atoms with E-state index in [-0.39, 0.29) is 24.0 Å². The lowest BCUT2D eigenvalue weighted by molar-refractivity contribution is -0.128. The summed E-state index contributed by atoms with van der Waals surface area (Å²) in [7, 11) is 0. The van der Waals surface area contributed by atoms with Crippen LogP contribution in [0.15, 0.2) is 30.3 Å². The number of carbonyl (C=O) groups is 2. The van der Waals surface area contributed by atoms with Crippen LogP contribution in [0.2, 0.25) is 0 Å². The maximum absolute atomic E-state index is 12.2. The summed E-state index contributed by atoms with van der Waals surface area (Å²) in [6.07, 6.45) is 2.05. The second-order valence-electron chi connectivity index (χ2n) is 4.74. The molecular weight excluding hydrogens is 242 g/mol. The van der Waals surface area contributed by atoms with E-state index in [1.165, 1.54) is 0 Å². The Morgan fingerprint density at radius 1 is 1.11 bits per heavy atom. The highest BCUT2D eigenvalue weighted by Gasteiger charge is 2.20. The average Bonchev–Trinajstić information content (AvgIpc) is 2.43. The van der Waals surface area contributed by atoms with Crippen LogP contribution >= 0.6 is 0 Å². The first-order valence-electron chi connectivity index (χ1n) is 6.59. The van der Waals surface area contributed by atoms with Gasteiger partial charge in [-0.3, -0.25) is 15.0 Å². The van der Waals surface area contributed by atoms with E-state index < -0.39 is 0 Å². The van der Waals surface area contributed by atoms with Gasteiger partial charge in [0.2, 0.25) is 5.91 Å². The molecular formula is C14H19N3O2.